The molecule has 2 N–H and O–H groups in total. The van der Waals surface area contributed by atoms with Crippen molar-refractivity contribution in [2.45, 2.75) is 27.3 Å². The summed E-state index contributed by atoms with van der Waals surface area (Å²) in [5, 5.41) is 6.79. The van der Waals surface area contributed by atoms with E-state index in [2.05, 4.69) is 51.2 Å². The molecule has 0 saturated carbocycles. The van der Waals surface area contributed by atoms with E-state index in [9.17, 15) is 0 Å². The van der Waals surface area contributed by atoms with Gasteiger partial charge in [-0.2, -0.15) is 0 Å². The largest absolute Gasteiger partial charge is 0.357 e. The number of guanidine groups is 1. The predicted octanol–water partition coefficient (Wildman–Crippen LogP) is 2.03. The summed E-state index contributed by atoms with van der Waals surface area (Å²) < 4.78 is 0. The Balaban J connectivity index is 0.00000338. The molecule has 1 atom stereocenters. The molecule has 1 aliphatic rings. The number of hydrogen-bond acceptors (Lipinski definition) is 4. The van der Waals surface area contributed by atoms with Gasteiger partial charge in [0, 0.05) is 52.0 Å². The van der Waals surface area contributed by atoms with Crippen molar-refractivity contribution in [3.8, 4) is 0 Å². The van der Waals surface area contributed by atoms with Crippen molar-refractivity contribution in [2.75, 3.05) is 52.4 Å². The van der Waals surface area contributed by atoms with Crippen LogP contribution < -0.4 is 10.6 Å². The summed E-state index contributed by atoms with van der Waals surface area (Å²) in [6, 6.07) is 5.93. The highest BCUT2D eigenvalue weighted by atomic mass is 127. The molecule has 1 unspecified atom stereocenters. The second-order valence-electron chi connectivity index (χ2n) is 6.74. The number of halogens is 1. The average Bonchev–Trinajstić information content (AvgIpc) is 2.65. The lowest BCUT2D eigenvalue weighted by atomic mass is 10.1. The molecule has 1 saturated heterocycles. The molecule has 2 rings (SSSR count). The van der Waals surface area contributed by atoms with Gasteiger partial charge in [-0.05, 0) is 31.5 Å². The van der Waals surface area contributed by atoms with Gasteiger partial charge < -0.3 is 20.4 Å². The van der Waals surface area contributed by atoms with Crippen LogP contribution in [0.15, 0.2) is 29.4 Å². The Morgan fingerprint density at radius 1 is 1.15 bits per heavy atom. The van der Waals surface area contributed by atoms with Gasteiger partial charge in [0.2, 0.25) is 0 Å². The number of aromatic nitrogens is 1. The SMILES string of the molecule is CCNC(=NCc1ccccn1)NCC(C)CN1CCN(CC)CC1.I. The van der Waals surface area contributed by atoms with E-state index in [1.807, 2.05) is 24.4 Å². The van der Waals surface area contributed by atoms with Crippen LogP contribution in [0.3, 0.4) is 0 Å². The minimum atomic E-state index is 0. The molecule has 0 aliphatic carbocycles. The summed E-state index contributed by atoms with van der Waals surface area (Å²) in [5.74, 6) is 1.46. The van der Waals surface area contributed by atoms with Crippen LogP contribution in [0.4, 0.5) is 0 Å². The maximum absolute atomic E-state index is 4.64. The van der Waals surface area contributed by atoms with Gasteiger partial charge >= 0.3 is 0 Å². The van der Waals surface area contributed by atoms with Crippen LogP contribution in [-0.2, 0) is 6.54 Å². The number of rotatable bonds is 8. The molecule has 1 aromatic rings. The molecule has 0 radical (unpaired) electrons. The van der Waals surface area contributed by atoms with E-state index in [0.717, 1.165) is 31.3 Å². The summed E-state index contributed by atoms with van der Waals surface area (Å²) in [4.78, 5) is 14.1. The van der Waals surface area contributed by atoms with Gasteiger partial charge in [0.15, 0.2) is 5.96 Å². The maximum atomic E-state index is 4.64. The molecule has 0 spiro atoms. The van der Waals surface area contributed by atoms with Gasteiger partial charge in [0.1, 0.15) is 0 Å². The number of likely N-dealkylation sites (N-methyl/N-ethyl adjacent to an activating group) is 1. The Morgan fingerprint density at radius 3 is 2.50 bits per heavy atom. The van der Waals surface area contributed by atoms with E-state index < -0.39 is 0 Å². The van der Waals surface area contributed by atoms with Crippen LogP contribution in [0.5, 0.6) is 0 Å². The lowest BCUT2D eigenvalue weighted by molar-refractivity contribution is 0.124. The van der Waals surface area contributed by atoms with Gasteiger partial charge in [-0.3, -0.25) is 4.98 Å². The molecule has 7 heteroatoms. The van der Waals surface area contributed by atoms with Crippen molar-refractivity contribution in [2.24, 2.45) is 10.9 Å². The van der Waals surface area contributed by atoms with E-state index in [0.29, 0.717) is 12.5 Å². The Morgan fingerprint density at radius 2 is 1.88 bits per heavy atom. The molecule has 6 nitrogen and oxygen atoms in total. The van der Waals surface area contributed by atoms with E-state index in [1.165, 1.54) is 32.7 Å². The van der Waals surface area contributed by atoms with Crippen LogP contribution in [0.25, 0.3) is 0 Å². The Labute approximate surface area is 175 Å². The van der Waals surface area contributed by atoms with Crippen LogP contribution >= 0.6 is 24.0 Å². The number of piperazine rings is 1. The number of nitrogens with zero attached hydrogens (tertiary/aromatic N) is 4. The first-order valence-electron chi connectivity index (χ1n) is 9.58. The van der Waals surface area contributed by atoms with Gasteiger partial charge in [-0.25, -0.2) is 4.99 Å². The number of pyridine rings is 1. The number of nitrogens with one attached hydrogen (secondary N) is 2. The zero-order chi connectivity index (χ0) is 17.9. The lowest BCUT2D eigenvalue weighted by Crippen LogP contribution is -2.48. The highest BCUT2D eigenvalue weighted by molar-refractivity contribution is 14.0. The molecule has 0 bridgehead atoms. The van der Waals surface area contributed by atoms with E-state index >= 15 is 0 Å². The van der Waals surface area contributed by atoms with Gasteiger partial charge in [-0.1, -0.05) is 19.9 Å². The smallest absolute Gasteiger partial charge is 0.191 e. The molecular weight excluding hydrogens is 439 g/mol. The van der Waals surface area contributed by atoms with Crippen molar-refractivity contribution in [3.05, 3.63) is 30.1 Å². The Kier molecular flexibility index (Phi) is 11.8. The molecule has 2 heterocycles. The molecule has 1 aromatic heterocycles. The number of aliphatic imine (C=N–C) groups is 1. The van der Waals surface area contributed by atoms with E-state index in [1.54, 1.807) is 0 Å². The highest BCUT2D eigenvalue weighted by Gasteiger charge is 2.17. The van der Waals surface area contributed by atoms with Gasteiger partial charge in [0.05, 0.1) is 12.2 Å². The monoisotopic (exact) mass is 474 g/mol. The summed E-state index contributed by atoms with van der Waals surface area (Å²) in [6.07, 6.45) is 1.81. The fourth-order valence-electron chi connectivity index (χ4n) is 3.06. The molecule has 0 amide bonds. The molecular formula is C19H35IN6. The molecule has 0 aromatic carbocycles. The van der Waals surface area contributed by atoms with E-state index in [4.69, 9.17) is 0 Å². The highest BCUT2D eigenvalue weighted by Crippen LogP contribution is 2.05. The molecule has 1 fully saturated rings. The third-order valence-corrected chi connectivity index (χ3v) is 4.57. The molecule has 26 heavy (non-hydrogen) atoms. The third-order valence-electron chi connectivity index (χ3n) is 4.57. The van der Waals surface area contributed by atoms with Crippen LogP contribution in [-0.4, -0.2) is 73.1 Å². The third kappa shape index (κ3) is 8.64. The van der Waals surface area contributed by atoms with Crippen LogP contribution in [0.1, 0.15) is 26.5 Å². The normalized spacial score (nSPS) is 17.4. The first kappa shape index (κ1) is 23.1. The van der Waals surface area contributed by atoms with Gasteiger partial charge in [-0.15, -0.1) is 24.0 Å². The summed E-state index contributed by atoms with van der Waals surface area (Å²) in [6.45, 7) is 16.1. The molecule has 1 aliphatic heterocycles. The Hall–Kier alpha value is -0.930. The maximum Gasteiger partial charge on any atom is 0.191 e. The number of hydrogen-bond donors (Lipinski definition) is 2. The summed E-state index contributed by atoms with van der Waals surface area (Å²) >= 11 is 0. The fraction of sp³-hybridized carbons (Fsp3) is 0.684. The van der Waals surface area contributed by atoms with Crippen LogP contribution in [0, 0.1) is 5.92 Å². The van der Waals surface area contributed by atoms with E-state index in [-0.39, 0.29) is 24.0 Å². The second kappa shape index (κ2) is 13.3. The Bertz CT molecular complexity index is 502. The van der Waals surface area contributed by atoms with Crippen molar-refractivity contribution in [3.63, 3.8) is 0 Å². The fourth-order valence-corrected chi connectivity index (χ4v) is 3.06. The average molecular weight is 474 g/mol. The predicted molar refractivity (Wildman–Crippen MR) is 120 cm³/mol. The zero-order valence-electron chi connectivity index (χ0n) is 16.4. The zero-order valence-corrected chi connectivity index (χ0v) is 18.8. The minimum absolute atomic E-state index is 0. The standard InChI is InChI=1S/C19H34N6.HI/c1-4-20-19(23-15-18-8-6-7-9-21-18)22-14-17(3)16-25-12-10-24(5-2)11-13-25;/h6-9,17H,4-5,10-16H2,1-3H3,(H2,20,22,23);1H. The topological polar surface area (TPSA) is 55.8 Å². The van der Waals surface area contributed by atoms with Crippen molar-refractivity contribution in [1.82, 2.24) is 25.4 Å². The van der Waals surface area contributed by atoms with Gasteiger partial charge in [0.25, 0.3) is 0 Å². The van der Waals surface area contributed by atoms with Crippen molar-refractivity contribution in [1.29, 1.82) is 0 Å². The van der Waals surface area contributed by atoms with Crippen molar-refractivity contribution >= 4 is 29.9 Å². The first-order chi connectivity index (χ1) is 12.2. The second-order valence-corrected chi connectivity index (χ2v) is 6.74. The summed E-state index contributed by atoms with van der Waals surface area (Å²) in [7, 11) is 0. The molecule has 148 valence electrons. The quantitative estimate of drug-likeness (QED) is 0.343. The first-order valence-corrected chi connectivity index (χ1v) is 9.58. The van der Waals surface area contributed by atoms with Crippen LogP contribution in [0.2, 0.25) is 0 Å². The summed E-state index contributed by atoms with van der Waals surface area (Å²) in [5.41, 5.74) is 0.988. The van der Waals surface area contributed by atoms with Crippen molar-refractivity contribution < 1.29 is 0 Å². The minimum Gasteiger partial charge on any atom is -0.357 e. The lowest BCUT2D eigenvalue weighted by Gasteiger charge is -2.35.